The van der Waals surface area contributed by atoms with Gasteiger partial charge in [0.15, 0.2) is 0 Å². The van der Waals surface area contributed by atoms with Gasteiger partial charge >= 0.3 is 5.97 Å². The minimum atomic E-state index is -0.325. The van der Waals surface area contributed by atoms with Gasteiger partial charge in [0.2, 0.25) is 0 Å². The quantitative estimate of drug-likeness (QED) is 0.839. The maximum atomic E-state index is 11.7. The molecule has 2 rings (SSSR count). The number of carbonyl (C=O) groups is 1. The zero-order chi connectivity index (χ0) is 14.7. The molecule has 0 amide bonds. The smallest absolute Gasteiger partial charge is 0.339 e. The number of halogens is 1. The molecule has 5 nitrogen and oxygen atoms in total. The summed E-state index contributed by atoms with van der Waals surface area (Å²) in [6, 6.07) is 2.35. The molecule has 1 aliphatic heterocycles. The summed E-state index contributed by atoms with van der Waals surface area (Å²) in [6.45, 7) is 8.04. The van der Waals surface area contributed by atoms with E-state index >= 15 is 0 Å². The first-order valence-corrected chi connectivity index (χ1v) is 7.06. The zero-order valence-electron chi connectivity index (χ0n) is 13.0. The monoisotopic (exact) mass is 313 g/mol. The van der Waals surface area contributed by atoms with Crippen LogP contribution in [0.15, 0.2) is 6.07 Å². The van der Waals surface area contributed by atoms with Gasteiger partial charge in [-0.3, -0.25) is 0 Å². The van der Waals surface area contributed by atoms with E-state index in [9.17, 15) is 4.79 Å². The molecule has 1 aromatic heterocycles. The Morgan fingerprint density at radius 3 is 2.76 bits per heavy atom. The summed E-state index contributed by atoms with van der Waals surface area (Å²) in [5.74, 6) is 1.08. The van der Waals surface area contributed by atoms with Gasteiger partial charge in [0.05, 0.1) is 18.4 Å². The average molecular weight is 314 g/mol. The maximum Gasteiger partial charge on any atom is 0.339 e. The number of carbonyl (C=O) groups excluding carboxylic acids is 1. The molecule has 2 heterocycles. The lowest BCUT2D eigenvalue weighted by Crippen LogP contribution is -2.42. The first kappa shape index (κ1) is 17.7. The number of nitrogens with zero attached hydrogens (tertiary/aromatic N) is 1. The Morgan fingerprint density at radius 2 is 2.19 bits per heavy atom. The van der Waals surface area contributed by atoms with Crippen molar-refractivity contribution >= 4 is 24.2 Å². The minimum absolute atomic E-state index is 0. The molecule has 118 valence electrons. The number of aryl methyl sites for hydroxylation is 2. The highest BCUT2D eigenvalue weighted by Crippen LogP contribution is 2.21. The van der Waals surface area contributed by atoms with Crippen molar-refractivity contribution in [3.8, 4) is 0 Å². The Labute approximate surface area is 132 Å². The topological polar surface area (TPSA) is 63.2 Å². The first-order valence-electron chi connectivity index (χ1n) is 7.06. The van der Waals surface area contributed by atoms with E-state index in [-0.39, 0.29) is 18.4 Å². The highest BCUT2D eigenvalue weighted by Gasteiger charge is 2.22. The van der Waals surface area contributed by atoms with Crippen LogP contribution >= 0.6 is 12.4 Å². The van der Waals surface area contributed by atoms with Gasteiger partial charge in [-0.1, -0.05) is 6.92 Å². The van der Waals surface area contributed by atoms with Crippen molar-refractivity contribution in [3.05, 3.63) is 22.9 Å². The van der Waals surface area contributed by atoms with E-state index in [0.717, 1.165) is 30.9 Å². The second-order valence-electron chi connectivity index (χ2n) is 5.50. The number of anilines is 1. The SMILES string of the molecule is COC(=O)c1c(C)cc(NC2CCNCC2C)nc1C.Cl. The average Bonchev–Trinajstić information content (AvgIpc) is 2.40. The van der Waals surface area contributed by atoms with Crippen LogP contribution in [0.1, 0.15) is 35.0 Å². The molecular weight excluding hydrogens is 290 g/mol. The van der Waals surface area contributed by atoms with E-state index < -0.39 is 0 Å². The first-order chi connectivity index (χ1) is 9.52. The molecule has 2 atom stereocenters. The molecule has 0 aromatic carbocycles. The van der Waals surface area contributed by atoms with Crippen LogP contribution in [0.4, 0.5) is 5.82 Å². The molecule has 6 heteroatoms. The van der Waals surface area contributed by atoms with Crippen LogP contribution in [0, 0.1) is 19.8 Å². The van der Waals surface area contributed by atoms with Crippen molar-refractivity contribution in [2.75, 3.05) is 25.5 Å². The Kier molecular flexibility index (Phi) is 6.42. The van der Waals surface area contributed by atoms with Crippen LogP contribution in [-0.2, 0) is 4.74 Å². The van der Waals surface area contributed by atoms with Gasteiger partial charge in [-0.25, -0.2) is 9.78 Å². The number of hydrogen-bond acceptors (Lipinski definition) is 5. The number of pyridine rings is 1. The summed E-state index contributed by atoms with van der Waals surface area (Å²) in [5, 5.41) is 6.88. The molecule has 21 heavy (non-hydrogen) atoms. The van der Waals surface area contributed by atoms with E-state index in [1.165, 1.54) is 7.11 Å². The van der Waals surface area contributed by atoms with E-state index in [4.69, 9.17) is 4.74 Å². The summed E-state index contributed by atoms with van der Waals surface area (Å²) in [7, 11) is 1.39. The number of nitrogens with one attached hydrogen (secondary N) is 2. The van der Waals surface area contributed by atoms with Gasteiger partial charge in [-0.05, 0) is 50.9 Å². The number of aromatic nitrogens is 1. The number of ether oxygens (including phenoxy) is 1. The predicted molar refractivity (Wildman–Crippen MR) is 86.4 cm³/mol. The lowest BCUT2D eigenvalue weighted by atomic mass is 9.95. The number of rotatable bonds is 3. The van der Waals surface area contributed by atoms with Gasteiger partial charge in [-0.2, -0.15) is 0 Å². The van der Waals surface area contributed by atoms with Crippen molar-refractivity contribution in [2.24, 2.45) is 5.92 Å². The Hall–Kier alpha value is -1.33. The largest absolute Gasteiger partial charge is 0.465 e. The van der Waals surface area contributed by atoms with Gasteiger partial charge in [0.25, 0.3) is 0 Å². The fraction of sp³-hybridized carbons (Fsp3) is 0.600. The summed E-state index contributed by atoms with van der Waals surface area (Å²) in [4.78, 5) is 16.2. The molecule has 2 N–H and O–H groups in total. The molecule has 2 unspecified atom stereocenters. The van der Waals surface area contributed by atoms with Crippen LogP contribution < -0.4 is 10.6 Å². The van der Waals surface area contributed by atoms with Crippen LogP contribution in [-0.4, -0.2) is 37.2 Å². The van der Waals surface area contributed by atoms with E-state index in [1.54, 1.807) is 0 Å². The molecule has 1 fully saturated rings. The molecule has 1 aliphatic rings. The zero-order valence-corrected chi connectivity index (χ0v) is 13.8. The number of esters is 1. The number of piperidine rings is 1. The standard InChI is InChI=1S/C15H23N3O2.ClH/c1-9-7-13(17-11(3)14(9)15(19)20-4)18-12-5-6-16-8-10(12)2;/h7,10,12,16H,5-6,8H2,1-4H3,(H,17,18);1H. The van der Waals surface area contributed by atoms with E-state index in [0.29, 0.717) is 23.2 Å². The minimum Gasteiger partial charge on any atom is -0.465 e. The van der Waals surface area contributed by atoms with Gasteiger partial charge < -0.3 is 15.4 Å². The lowest BCUT2D eigenvalue weighted by molar-refractivity contribution is 0.0598. The lowest BCUT2D eigenvalue weighted by Gasteiger charge is -2.30. The van der Waals surface area contributed by atoms with E-state index in [1.807, 2.05) is 19.9 Å². The summed E-state index contributed by atoms with van der Waals surface area (Å²) in [6.07, 6.45) is 1.08. The van der Waals surface area contributed by atoms with Crippen LogP contribution in [0.2, 0.25) is 0 Å². The van der Waals surface area contributed by atoms with Crippen molar-refractivity contribution in [1.29, 1.82) is 0 Å². The number of hydrogen-bond donors (Lipinski definition) is 2. The van der Waals surface area contributed by atoms with Crippen molar-refractivity contribution < 1.29 is 9.53 Å². The summed E-state index contributed by atoms with van der Waals surface area (Å²) >= 11 is 0. The third-order valence-corrected chi connectivity index (χ3v) is 3.91. The Balaban J connectivity index is 0.00000220. The molecule has 0 spiro atoms. The predicted octanol–water partition coefficient (Wildman–Crippen LogP) is 2.32. The van der Waals surface area contributed by atoms with E-state index in [2.05, 4.69) is 22.5 Å². The molecule has 0 radical (unpaired) electrons. The maximum absolute atomic E-state index is 11.7. The third kappa shape index (κ3) is 4.08. The normalized spacial score (nSPS) is 21.3. The second kappa shape index (κ2) is 7.61. The molecule has 0 aliphatic carbocycles. The Morgan fingerprint density at radius 1 is 1.48 bits per heavy atom. The number of methoxy groups -OCH3 is 1. The van der Waals surface area contributed by atoms with Gasteiger partial charge in [-0.15, -0.1) is 12.4 Å². The molecule has 1 aromatic rings. The van der Waals surface area contributed by atoms with Crippen LogP contribution in [0.25, 0.3) is 0 Å². The molecular formula is C15H24ClN3O2. The van der Waals surface area contributed by atoms with Gasteiger partial charge in [0, 0.05) is 6.04 Å². The fourth-order valence-corrected chi connectivity index (χ4v) is 2.73. The van der Waals surface area contributed by atoms with Crippen molar-refractivity contribution in [2.45, 2.75) is 33.2 Å². The summed E-state index contributed by atoms with van der Waals surface area (Å²) in [5.41, 5.74) is 2.17. The molecule has 1 saturated heterocycles. The highest BCUT2D eigenvalue weighted by molar-refractivity contribution is 5.92. The summed E-state index contributed by atoms with van der Waals surface area (Å²) < 4.78 is 4.80. The van der Waals surface area contributed by atoms with Gasteiger partial charge in [0.1, 0.15) is 5.82 Å². The van der Waals surface area contributed by atoms with Crippen LogP contribution in [0.5, 0.6) is 0 Å². The van der Waals surface area contributed by atoms with Crippen molar-refractivity contribution in [1.82, 2.24) is 10.3 Å². The Bertz CT molecular complexity index is 485. The highest BCUT2D eigenvalue weighted by atomic mass is 35.5. The molecule has 0 saturated carbocycles. The third-order valence-electron chi connectivity index (χ3n) is 3.91. The van der Waals surface area contributed by atoms with Crippen molar-refractivity contribution in [3.63, 3.8) is 0 Å². The molecule has 0 bridgehead atoms. The fourth-order valence-electron chi connectivity index (χ4n) is 2.73. The second-order valence-corrected chi connectivity index (χ2v) is 5.50. The van der Waals surface area contributed by atoms with Crippen LogP contribution in [0.3, 0.4) is 0 Å².